The molecular formula is C21H22N6O. The van der Waals surface area contributed by atoms with Gasteiger partial charge < -0.3 is 14.8 Å². The Morgan fingerprint density at radius 3 is 2.79 bits per heavy atom. The van der Waals surface area contributed by atoms with E-state index in [4.69, 9.17) is 5.21 Å². The van der Waals surface area contributed by atoms with Crippen molar-refractivity contribution in [1.29, 1.82) is 0 Å². The summed E-state index contributed by atoms with van der Waals surface area (Å²) in [7, 11) is 0. The van der Waals surface area contributed by atoms with Crippen LogP contribution in [0.15, 0.2) is 53.9 Å². The fraction of sp³-hybridized carbons (Fsp3) is 0.286. The SMILES string of the molecule is O/N=C/c1nc2cnc3[nH]ccc3c2n1C1CCN(Cc2ccccc2)CC1. The maximum absolute atomic E-state index is 9.13. The van der Waals surface area contributed by atoms with Crippen molar-refractivity contribution >= 4 is 28.3 Å². The quantitative estimate of drug-likeness (QED) is 0.325. The second-order valence-electron chi connectivity index (χ2n) is 7.31. The molecule has 142 valence electrons. The number of piperidine rings is 1. The van der Waals surface area contributed by atoms with Crippen LogP contribution in [-0.4, -0.2) is 48.9 Å². The van der Waals surface area contributed by atoms with Gasteiger partial charge in [0.05, 0.1) is 11.7 Å². The summed E-state index contributed by atoms with van der Waals surface area (Å²) in [5.74, 6) is 0.675. The molecule has 0 unspecified atom stereocenters. The molecule has 0 radical (unpaired) electrons. The lowest BCUT2D eigenvalue weighted by Gasteiger charge is -2.33. The maximum Gasteiger partial charge on any atom is 0.156 e. The Bertz CT molecular complexity index is 1120. The number of aromatic amines is 1. The maximum atomic E-state index is 9.13. The number of oxime groups is 1. The monoisotopic (exact) mass is 374 g/mol. The summed E-state index contributed by atoms with van der Waals surface area (Å²) < 4.78 is 2.23. The Hall–Kier alpha value is -3.19. The van der Waals surface area contributed by atoms with Crippen LogP contribution in [0.25, 0.3) is 22.1 Å². The van der Waals surface area contributed by atoms with Crippen LogP contribution >= 0.6 is 0 Å². The topological polar surface area (TPSA) is 82.3 Å². The number of nitrogens with one attached hydrogen (secondary N) is 1. The molecule has 0 amide bonds. The molecule has 3 aromatic heterocycles. The number of imidazole rings is 1. The van der Waals surface area contributed by atoms with Crippen molar-refractivity contribution in [3.63, 3.8) is 0 Å². The molecule has 1 aliphatic rings. The van der Waals surface area contributed by atoms with Crippen LogP contribution in [0.4, 0.5) is 0 Å². The highest BCUT2D eigenvalue weighted by Gasteiger charge is 2.25. The van der Waals surface area contributed by atoms with Crippen molar-refractivity contribution in [3.05, 3.63) is 60.2 Å². The van der Waals surface area contributed by atoms with E-state index in [1.807, 2.05) is 12.3 Å². The standard InChI is InChI=1S/C21H22N6O/c28-24-13-19-25-18-12-23-21-17(6-9-22-21)20(18)27(19)16-7-10-26(11-8-16)14-15-4-2-1-3-5-15/h1-6,9,12-13,16,28H,7-8,10-11,14H2,(H,22,23)/b24-13+. The normalized spacial score (nSPS) is 16.6. The minimum Gasteiger partial charge on any atom is -0.411 e. The molecule has 0 saturated carbocycles. The first-order chi connectivity index (χ1) is 13.8. The van der Waals surface area contributed by atoms with E-state index in [9.17, 15) is 0 Å². The van der Waals surface area contributed by atoms with Crippen molar-refractivity contribution in [1.82, 2.24) is 24.4 Å². The van der Waals surface area contributed by atoms with Crippen LogP contribution in [0.2, 0.25) is 0 Å². The molecule has 1 saturated heterocycles. The van der Waals surface area contributed by atoms with Crippen LogP contribution < -0.4 is 0 Å². The zero-order chi connectivity index (χ0) is 18.9. The highest BCUT2D eigenvalue weighted by molar-refractivity contribution is 6.02. The molecule has 4 aromatic rings. The third-order valence-corrected chi connectivity index (χ3v) is 5.61. The molecule has 0 spiro atoms. The van der Waals surface area contributed by atoms with Gasteiger partial charge in [0.25, 0.3) is 0 Å². The molecule has 4 heterocycles. The summed E-state index contributed by atoms with van der Waals surface area (Å²) in [5.41, 5.74) is 4.08. The summed E-state index contributed by atoms with van der Waals surface area (Å²) in [6, 6.07) is 13.0. The van der Waals surface area contributed by atoms with E-state index in [1.165, 1.54) is 11.8 Å². The van der Waals surface area contributed by atoms with Crippen molar-refractivity contribution in [2.75, 3.05) is 13.1 Å². The van der Waals surface area contributed by atoms with Crippen LogP contribution in [0.5, 0.6) is 0 Å². The Kier molecular flexibility index (Phi) is 4.29. The third-order valence-electron chi connectivity index (χ3n) is 5.61. The van der Waals surface area contributed by atoms with Crippen molar-refractivity contribution < 1.29 is 5.21 Å². The van der Waals surface area contributed by atoms with Gasteiger partial charge in [0.15, 0.2) is 5.82 Å². The molecule has 5 rings (SSSR count). The number of aromatic nitrogens is 4. The predicted molar refractivity (Wildman–Crippen MR) is 109 cm³/mol. The zero-order valence-electron chi connectivity index (χ0n) is 15.5. The number of rotatable bonds is 4. The van der Waals surface area contributed by atoms with Crippen LogP contribution in [0.3, 0.4) is 0 Å². The van der Waals surface area contributed by atoms with Gasteiger partial charge in [-0.3, -0.25) is 4.90 Å². The number of nitrogens with zero attached hydrogens (tertiary/aromatic N) is 5. The summed E-state index contributed by atoms with van der Waals surface area (Å²) in [6.45, 7) is 3.03. The Morgan fingerprint density at radius 1 is 1.18 bits per heavy atom. The van der Waals surface area contributed by atoms with Gasteiger partial charge in [-0.1, -0.05) is 35.5 Å². The highest BCUT2D eigenvalue weighted by Crippen LogP contribution is 2.32. The lowest BCUT2D eigenvalue weighted by atomic mass is 10.0. The highest BCUT2D eigenvalue weighted by atomic mass is 16.4. The van der Waals surface area contributed by atoms with Crippen LogP contribution in [-0.2, 0) is 6.54 Å². The van der Waals surface area contributed by atoms with Gasteiger partial charge in [-0.25, -0.2) is 9.97 Å². The van der Waals surface area contributed by atoms with E-state index in [1.54, 1.807) is 6.20 Å². The molecule has 2 N–H and O–H groups in total. The molecule has 1 fully saturated rings. The molecule has 0 bridgehead atoms. The summed E-state index contributed by atoms with van der Waals surface area (Å²) >= 11 is 0. The smallest absolute Gasteiger partial charge is 0.156 e. The molecule has 0 atom stereocenters. The van der Waals surface area contributed by atoms with E-state index in [0.717, 1.165) is 54.5 Å². The molecule has 1 aliphatic heterocycles. The molecule has 28 heavy (non-hydrogen) atoms. The largest absolute Gasteiger partial charge is 0.411 e. The Morgan fingerprint density at radius 2 is 2.00 bits per heavy atom. The average molecular weight is 374 g/mol. The van der Waals surface area contributed by atoms with E-state index < -0.39 is 0 Å². The second kappa shape index (κ2) is 7.09. The van der Waals surface area contributed by atoms with Gasteiger partial charge >= 0.3 is 0 Å². The van der Waals surface area contributed by atoms with Crippen molar-refractivity contribution in [2.24, 2.45) is 5.16 Å². The summed E-state index contributed by atoms with van der Waals surface area (Å²) in [6.07, 6.45) is 7.16. The van der Waals surface area contributed by atoms with Gasteiger partial charge in [0, 0.05) is 37.3 Å². The first kappa shape index (κ1) is 16.9. The number of hydrogen-bond donors (Lipinski definition) is 2. The summed E-state index contributed by atoms with van der Waals surface area (Å²) in [5, 5.41) is 13.4. The number of fused-ring (bicyclic) bond motifs is 3. The zero-order valence-corrected chi connectivity index (χ0v) is 15.5. The van der Waals surface area contributed by atoms with E-state index >= 15 is 0 Å². The lowest BCUT2D eigenvalue weighted by Crippen LogP contribution is -2.34. The molecule has 7 nitrogen and oxygen atoms in total. The van der Waals surface area contributed by atoms with Gasteiger partial charge in [-0.15, -0.1) is 0 Å². The van der Waals surface area contributed by atoms with E-state index in [-0.39, 0.29) is 0 Å². The fourth-order valence-electron chi connectivity index (χ4n) is 4.30. The number of H-pyrrole nitrogens is 1. The van der Waals surface area contributed by atoms with Gasteiger partial charge in [0.1, 0.15) is 17.4 Å². The lowest BCUT2D eigenvalue weighted by molar-refractivity contribution is 0.181. The summed E-state index contributed by atoms with van der Waals surface area (Å²) in [4.78, 5) is 14.8. The second-order valence-corrected chi connectivity index (χ2v) is 7.31. The Balaban J connectivity index is 1.46. The minimum absolute atomic E-state index is 0.311. The average Bonchev–Trinajstić information content (AvgIpc) is 3.34. The number of pyridine rings is 1. The first-order valence-electron chi connectivity index (χ1n) is 9.61. The first-order valence-corrected chi connectivity index (χ1v) is 9.61. The minimum atomic E-state index is 0.311. The van der Waals surface area contributed by atoms with Gasteiger partial charge in [0.2, 0.25) is 0 Å². The van der Waals surface area contributed by atoms with Crippen molar-refractivity contribution in [2.45, 2.75) is 25.4 Å². The number of hydrogen-bond acceptors (Lipinski definition) is 5. The van der Waals surface area contributed by atoms with Crippen molar-refractivity contribution in [3.8, 4) is 0 Å². The van der Waals surface area contributed by atoms with Crippen LogP contribution in [0, 0.1) is 0 Å². The molecule has 7 heteroatoms. The Labute approximate surface area is 162 Å². The number of benzene rings is 1. The molecule has 1 aromatic carbocycles. The molecule has 0 aliphatic carbocycles. The number of likely N-dealkylation sites (tertiary alicyclic amines) is 1. The third kappa shape index (κ3) is 2.93. The van der Waals surface area contributed by atoms with Crippen LogP contribution in [0.1, 0.15) is 30.3 Å². The van der Waals surface area contributed by atoms with E-state index in [0.29, 0.717) is 11.9 Å². The fourth-order valence-corrected chi connectivity index (χ4v) is 4.30. The predicted octanol–water partition coefficient (Wildman–Crippen LogP) is 3.56. The van der Waals surface area contributed by atoms with E-state index in [2.05, 4.69) is 59.9 Å². The van der Waals surface area contributed by atoms with Gasteiger partial charge in [-0.2, -0.15) is 0 Å². The van der Waals surface area contributed by atoms with Gasteiger partial charge in [-0.05, 0) is 24.5 Å². The molecular weight excluding hydrogens is 352 g/mol.